The van der Waals surface area contributed by atoms with E-state index >= 15 is 0 Å². The minimum atomic E-state index is -2.84. The molecule has 7 rings (SSSR count). The monoisotopic (exact) mass is 1200 g/mol. The van der Waals surface area contributed by atoms with Gasteiger partial charge in [0.1, 0.15) is 25.4 Å². The molecule has 3 saturated heterocycles. The molecule has 2 aromatic carbocycles. The Kier molecular flexibility index (Phi) is 38.5. The Balaban J connectivity index is 0.000000491. The summed E-state index contributed by atoms with van der Waals surface area (Å²) in [6.45, 7) is 45.1. The van der Waals surface area contributed by atoms with E-state index in [1.54, 1.807) is 0 Å². The van der Waals surface area contributed by atoms with E-state index in [2.05, 4.69) is 161 Å². The average molecular weight is 1200 g/mol. The predicted molar refractivity (Wildman–Crippen MR) is 358 cm³/mol. The summed E-state index contributed by atoms with van der Waals surface area (Å²) in [5.74, 6) is 11.5. The molecule has 2 aliphatic carbocycles. The van der Waals surface area contributed by atoms with Crippen molar-refractivity contribution in [3.05, 3.63) is 65.7 Å². The molecule has 0 unspecified atom stereocenters. The maximum absolute atomic E-state index is 11.4. The molecule has 9 nitrogen and oxygen atoms in total. The third-order valence-electron chi connectivity index (χ3n) is 17.9. The zero-order valence-corrected chi connectivity index (χ0v) is 59.0. The van der Waals surface area contributed by atoms with Gasteiger partial charge >= 0.3 is 6.09 Å². The zero-order chi connectivity index (χ0) is 63.0. The maximum atomic E-state index is 11.4. The van der Waals surface area contributed by atoms with Gasteiger partial charge in [0, 0.05) is 19.3 Å². The molecule has 0 N–H and O–H groups in total. The van der Waals surface area contributed by atoms with Gasteiger partial charge in [-0.3, -0.25) is 0 Å². The molecule has 3 heterocycles. The lowest BCUT2D eigenvalue weighted by molar-refractivity contribution is -0.177. The Hall–Kier alpha value is -2.63. The van der Waals surface area contributed by atoms with Crippen LogP contribution in [0.3, 0.4) is 0 Å². The Bertz CT molecular complexity index is 2110. The van der Waals surface area contributed by atoms with Crippen molar-refractivity contribution in [1.82, 2.24) is 4.90 Å². The lowest BCUT2D eigenvalue weighted by Gasteiger charge is -2.46. The molecular formula is C72H131NO8S2. The van der Waals surface area contributed by atoms with Crippen molar-refractivity contribution in [2.24, 2.45) is 59.2 Å². The number of nitrogens with zero attached hydrogens (tertiary/aromatic N) is 1. The summed E-state index contributed by atoms with van der Waals surface area (Å²) in [5, 5.41) is 0. The van der Waals surface area contributed by atoms with Crippen LogP contribution in [0.25, 0.3) is 0 Å². The second kappa shape index (κ2) is 40.8. The number of carbonyl (C=O) groups excluding carboxylic acids is 1. The standard InChI is InChI=1S/C14H22O3S.C12H24O.C11H21NO2.2C9H18.C9H12.C8H16O2S/c1-12(2)13-6-8-14(9-7-13)17-10-4-5-11-18(3,15)16;1-9(2)10-7-11(3,4)13-12(5,6)8-10;1-4-14-11(13)12-7-5-10(6-8-12)9(2)3;3*1-8(2)9-6-4-3-5-7-9;1-7(2)8-3-5-11(9,10)6-4-8/h6-9,12H,4-5,10-11H2,1-3H3;9-10H,7-8H2,1-6H3;9-10H,4-8H2,1-3H3;2*8-9H,3-7H2,1-2H3;3-8H,1-2H3;7-8H,3-6H2,1-2H3. The number of hydrogen-bond acceptors (Lipinski definition) is 8. The number of rotatable bonds is 14. The number of hydrogen-bond donors (Lipinski definition) is 0. The van der Waals surface area contributed by atoms with Crippen LogP contribution in [0.1, 0.15) is 270 Å². The summed E-state index contributed by atoms with van der Waals surface area (Å²) in [6, 6.07) is 18.6. The first-order valence-corrected chi connectivity index (χ1v) is 37.3. The summed E-state index contributed by atoms with van der Waals surface area (Å²) < 4.78 is 60.5. The number of ether oxygens (including phenoxy) is 3. The highest BCUT2D eigenvalue weighted by atomic mass is 32.2. The van der Waals surface area contributed by atoms with E-state index in [1.165, 1.54) is 94.4 Å². The number of amides is 1. The van der Waals surface area contributed by atoms with E-state index in [0.717, 1.165) is 98.3 Å². The molecule has 0 bridgehead atoms. The highest BCUT2D eigenvalue weighted by molar-refractivity contribution is 7.91. The van der Waals surface area contributed by atoms with Crippen LogP contribution in [-0.2, 0) is 29.1 Å². The largest absolute Gasteiger partial charge is 0.494 e. The Labute approximate surface area is 514 Å². The van der Waals surface area contributed by atoms with Crippen molar-refractivity contribution in [2.75, 3.05) is 49.8 Å². The van der Waals surface area contributed by atoms with Crippen molar-refractivity contribution in [3.63, 3.8) is 0 Å². The first-order chi connectivity index (χ1) is 38.7. The van der Waals surface area contributed by atoms with Crippen molar-refractivity contribution in [1.29, 1.82) is 0 Å². The number of likely N-dealkylation sites (tertiary alicyclic amines) is 1. The van der Waals surface area contributed by atoms with Gasteiger partial charge in [-0.1, -0.05) is 204 Å². The van der Waals surface area contributed by atoms with Crippen molar-refractivity contribution in [2.45, 2.75) is 270 Å². The lowest BCUT2D eigenvalue weighted by Crippen LogP contribution is -2.46. The average Bonchev–Trinajstić information content (AvgIpc) is 3.55. The fourth-order valence-electron chi connectivity index (χ4n) is 12.2. The second-order valence-corrected chi connectivity index (χ2v) is 33.4. The SMILES string of the molecule is CC(C)C1CC(C)(C)OC(C)(C)C1.CC(C)C1CCCCC1.CC(C)C1CCCCC1.CC(C)C1CCS(=O)(=O)CC1.CC(C)c1ccc(OCCCCS(C)(=O)=O)cc1.CC(C)c1ccccc1.CCOC(=O)N1CCC(C(C)C)CC1. The Morgan fingerprint density at radius 2 is 0.940 bits per heavy atom. The maximum Gasteiger partial charge on any atom is 0.409 e. The summed E-state index contributed by atoms with van der Waals surface area (Å²) in [5.41, 5.74) is 2.84. The van der Waals surface area contributed by atoms with Crippen LogP contribution in [0.4, 0.5) is 4.79 Å². The molecule has 2 saturated carbocycles. The van der Waals surface area contributed by atoms with E-state index in [0.29, 0.717) is 54.8 Å². The minimum absolute atomic E-state index is 0.0662. The first-order valence-electron chi connectivity index (χ1n) is 33.5. The molecule has 83 heavy (non-hydrogen) atoms. The molecular weight excluding hydrogens is 1070 g/mol. The van der Waals surface area contributed by atoms with Crippen molar-refractivity contribution in [3.8, 4) is 5.75 Å². The smallest absolute Gasteiger partial charge is 0.409 e. The van der Waals surface area contributed by atoms with Gasteiger partial charge in [0.2, 0.25) is 0 Å². The Morgan fingerprint density at radius 3 is 1.29 bits per heavy atom. The van der Waals surface area contributed by atoms with E-state index < -0.39 is 19.7 Å². The van der Waals surface area contributed by atoms with Gasteiger partial charge in [-0.15, -0.1) is 0 Å². The van der Waals surface area contributed by atoms with Crippen molar-refractivity contribution >= 4 is 25.8 Å². The van der Waals surface area contributed by atoms with Gasteiger partial charge in [-0.25, -0.2) is 21.6 Å². The summed E-state index contributed by atoms with van der Waals surface area (Å²) in [6.07, 6.45) is 23.9. The van der Waals surface area contributed by atoms with Crippen molar-refractivity contribution < 1.29 is 35.8 Å². The first kappa shape index (κ1) is 78.4. The van der Waals surface area contributed by atoms with Crippen LogP contribution in [0.5, 0.6) is 5.75 Å². The van der Waals surface area contributed by atoms with Gasteiger partial charge in [0.15, 0.2) is 0 Å². The Morgan fingerprint density at radius 1 is 0.554 bits per heavy atom. The third kappa shape index (κ3) is 37.0. The van der Waals surface area contributed by atoms with E-state index in [9.17, 15) is 21.6 Å². The molecule has 2 aromatic rings. The molecule has 5 fully saturated rings. The van der Waals surface area contributed by atoms with Crippen LogP contribution >= 0.6 is 0 Å². The molecule has 0 spiro atoms. The second-order valence-electron chi connectivity index (χ2n) is 28.8. The van der Waals surface area contributed by atoms with Crippen LogP contribution < -0.4 is 4.74 Å². The third-order valence-corrected chi connectivity index (χ3v) is 20.7. The van der Waals surface area contributed by atoms with Gasteiger partial charge in [0.25, 0.3) is 0 Å². The topological polar surface area (TPSA) is 116 Å². The normalized spacial score (nSPS) is 19.6. The molecule has 1 amide bonds. The highest BCUT2D eigenvalue weighted by Gasteiger charge is 2.40. The van der Waals surface area contributed by atoms with Gasteiger partial charge in [-0.2, -0.15) is 0 Å². The number of piperidine rings is 1. The lowest BCUT2D eigenvalue weighted by atomic mass is 9.75. The molecule has 0 atom stereocenters. The number of sulfone groups is 2. The number of carbonyl (C=O) groups is 1. The predicted octanol–water partition coefficient (Wildman–Crippen LogP) is 19.9. The molecule has 3 aliphatic heterocycles. The fourth-order valence-corrected chi connectivity index (χ4v) is 14.5. The molecule has 0 aromatic heterocycles. The van der Waals surface area contributed by atoms with E-state index in [4.69, 9.17) is 14.2 Å². The zero-order valence-electron chi connectivity index (χ0n) is 57.3. The van der Waals surface area contributed by atoms with Crippen LogP contribution in [-0.4, -0.2) is 88.8 Å². The molecule has 5 aliphatic rings. The van der Waals surface area contributed by atoms with E-state index in [1.807, 2.05) is 30.0 Å². The molecule has 0 radical (unpaired) electrons. The fraction of sp³-hybridized carbons (Fsp3) is 0.819. The van der Waals surface area contributed by atoms with E-state index in [-0.39, 0.29) is 23.0 Å². The van der Waals surface area contributed by atoms with Gasteiger partial charge < -0.3 is 19.1 Å². The minimum Gasteiger partial charge on any atom is -0.494 e. The van der Waals surface area contributed by atoms with Gasteiger partial charge in [0.05, 0.1) is 41.7 Å². The quantitative estimate of drug-likeness (QED) is 0.172. The summed E-state index contributed by atoms with van der Waals surface area (Å²) >= 11 is 0. The van der Waals surface area contributed by atoms with Crippen LogP contribution in [0.2, 0.25) is 0 Å². The van der Waals surface area contributed by atoms with Crippen LogP contribution in [0, 0.1) is 59.2 Å². The summed E-state index contributed by atoms with van der Waals surface area (Å²) in [7, 11) is -5.49. The highest BCUT2D eigenvalue weighted by Crippen LogP contribution is 2.41. The van der Waals surface area contributed by atoms with Gasteiger partial charge in [-0.05, 0) is 180 Å². The number of benzene rings is 2. The molecule has 484 valence electrons. The van der Waals surface area contributed by atoms with Crippen LogP contribution in [0.15, 0.2) is 54.6 Å². The number of unbranched alkanes of at least 4 members (excludes halogenated alkanes) is 1. The molecule has 11 heteroatoms. The summed E-state index contributed by atoms with van der Waals surface area (Å²) in [4.78, 5) is 13.2.